The number of halogens is 1. The van der Waals surface area contributed by atoms with Crippen molar-refractivity contribution in [3.8, 4) is 6.07 Å². The molecule has 0 spiro atoms. The van der Waals surface area contributed by atoms with Gasteiger partial charge in [-0.3, -0.25) is 10.2 Å². The fourth-order valence-electron chi connectivity index (χ4n) is 2.27. The SMILES string of the molecule is N#CC(NCCCN1CCOCC1)c1ccc(F)cc1. The van der Waals surface area contributed by atoms with Crippen molar-refractivity contribution < 1.29 is 9.13 Å². The summed E-state index contributed by atoms with van der Waals surface area (Å²) >= 11 is 0. The summed E-state index contributed by atoms with van der Waals surface area (Å²) in [6.07, 6.45) is 0.985. The molecule has 0 aromatic heterocycles. The summed E-state index contributed by atoms with van der Waals surface area (Å²) in [5.74, 6) is -0.280. The first kappa shape index (κ1) is 14.9. The van der Waals surface area contributed by atoms with E-state index in [-0.39, 0.29) is 11.9 Å². The molecule has 0 saturated carbocycles. The topological polar surface area (TPSA) is 48.3 Å². The molecular weight excluding hydrogens is 257 g/mol. The molecule has 1 unspecified atom stereocenters. The van der Waals surface area contributed by atoms with E-state index in [0.717, 1.165) is 51.4 Å². The zero-order valence-electron chi connectivity index (χ0n) is 11.5. The van der Waals surface area contributed by atoms with Crippen molar-refractivity contribution >= 4 is 0 Å². The Morgan fingerprint density at radius 1 is 1.30 bits per heavy atom. The average molecular weight is 277 g/mol. The fourth-order valence-corrected chi connectivity index (χ4v) is 2.27. The minimum atomic E-state index is -0.375. The van der Waals surface area contributed by atoms with Gasteiger partial charge in [0.15, 0.2) is 0 Å². The lowest BCUT2D eigenvalue weighted by Gasteiger charge is -2.26. The van der Waals surface area contributed by atoms with Crippen LogP contribution < -0.4 is 5.32 Å². The second-order valence-corrected chi connectivity index (χ2v) is 4.88. The van der Waals surface area contributed by atoms with E-state index in [1.807, 2.05) is 0 Å². The largest absolute Gasteiger partial charge is 0.379 e. The zero-order chi connectivity index (χ0) is 14.2. The van der Waals surface area contributed by atoms with Crippen LogP contribution in [0.25, 0.3) is 0 Å². The van der Waals surface area contributed by atoms with Gasteiger partial charge in [0.05, 0.1) is 19.3 Å². The van der Waals surface area contributed by atoms with Crippen LogP contribution in [-0.4, -0.2) is 44.3 Å². The third-order valence-electron chi connectivity index (χ3n) is 3.44. The number of hydrogen-bond acceptors (Lipinski definition) is 4. The minimum Gasteiger partial charge on any atom is -0.379 e. The highest BCUT2D eigenvalue weighted by Crippen LogP contribution is 2.12. The maximum atomic E-state index is 12.8. The Morgan fingerprint density at radius 2 is 2.00 bits per heavy atom. The highest BCUT2D eigenvalue weighted by Gasteiger charge is 2.11. The third-order valence-corrected chi connectivity index (χ3v) is 3.44. The number of nitrogens with one attached hydrogen (secondary N) is 1. The van der Waals surface area contributed by atoms with Gasteiger partial charge < -0.3 is 4.74 Å². The van der Waals surface area contributed by atoms with Gasteiger partial charge in [-0.1, -0.05) is 12.1 Å². The van der Waals surface area contributed by atoms with E-state index in [4.69, 9.17) is 10.00 Å². The van der Waals surface area contributed by atoms with E-state index in [0.29, 0.717) is 0 Å². The summed E-state index contributed by atoms with van der Waals surface area (Å²) in [6.45, 7) is 5.37. The lowest BCUT2D eigenvalue weighted by molar-refractivity contribution is 0.0374. The van der Waals surface area contributed by atoms with Crippen molar-refractivity contribution in [1.29, 1.82) is 5.26 Å². The molecule has 1 saturated heterocycles. The highest BCUT2D eigenvalue weighted by molar-refractivity contribution is 5.24. The van der Waals surface area contributed by atoms with E-state index in [2.05, 4.69) is 16.3 Å². The van der Waals surface area contributed by atoms with Gasteiger partial charge in [-0.15, -0.1) is 0 Å². The van der Waals surface area contributed by atoms with Gasteiger partial charge in [-0.25, -0.2) is 4.39 Å². The molecule has 20 heavy (non-hydrogen) atoms. The molecule has 108 valence electrons. The van der Waals surface area contributed by atoms with Crippen LogP contribution in [0, 0.1) is 17.1 Å². The Hall–Kier alpha value is -1.48. The van der Waals surface area contributed by atoms with Crippen LogP contribution in [0.15, 0.2) is 24.3 Å². The first-order chi connectivity index (χ1) is 9.79. The van der Waals surface area contributed by atoms with Crippen molar-refractivity contribution in [3.63, 3.8) is 0 Å². The van der Waals surface area contributed by atoms with E-state index in [1.54, 1.807) is 12.1 Å². The molecule has 5 heteroatoms. The number of rotatable bonds is 6. The first-order valence-electron chi connectivity index (χ1n) is 6.98. The quantitative estimate of drug-likeness (QED) is 0.804. The van der Waals surface area contributed by atoms with E-state index in [1.165, 1.54) is 12.1 Å². The van der Waals surface area contributed by atoms with Crippen LogP contribution in [0.2, 0.25) is 0 Å². The fraction of sp³-hybridized carbons (Fsp3) is 0.533. The van der Waals surface area contributed by atoms with Crippen molar-refractivity contribution in [2.24, 2.45) is 0 Å². The molecule has 1 aliphatic heterocycles. The Kier molecular flexibility index (Phi) is 5.93. The molecule has 1 atom stereocenters. The summed E-state index contributed by atoms with van der Waals surface area (Å²) in [5, 5.41) is 12.4. The van der Waals surface area contributed by atoms with E-state index < -0.39 is 0 Å². The zero-order valence-corrected chi connectivity index (χ0v) is 11.5. The van der Waals surface area contributed by atoms with Crippen molar-refractivity contribution in [2.75, 3.05) is 39.4 Å². The third kappa shape index (κ3) is 4.57. The lowest BCUT2D eigenvalue weighted by atomic mass is 10.1. The number of nitrogens with zero attached hydrogens (tertiary/aromatic N) is 2. The van der Waals surface area contributed by atoms with Gasteiger partial charge in [0.1, 0.15) is 11.9 Å². The number of ether oxygens (including phenoxy) is 1. The summed E-state index contributed by atoms with van der Waals surface area (Å²) in [5.41, 5.74) is 0.806. The number of benzene rings is 1. The van der Waals surface area contributed by atoms with Crippen LogP contribution in [-0.2, 0) is 4.74 Å². The molecule has 1 aromatic rings. The molecule has 2 rings (SSSR count). The molecule has 0 aliphatic carbocycles. The van der Waals surface area contributed by atoms with Crippen LogP contribution in [0.3, 0.4) is 0 Å². The molecule has 1 heterocycles. The Bertz CT molecular complexity index is 437. The van der Waals surface area contributed by atoms with Gasteiger partial charge in [-0.2, -0.15) is 5.26 Å². The van der Waals surface area contributed by atoms with Gasteiger partial charge in [0.2, 0.25) is 0 Å². The summed E-state index contributed by atoms with van der Waals surface area (Å²) in [4.78, 5) is 2.37. The average Bonchev–Trinajstić information content (AvgIpc) is 2.50. The molecule has 0 bridgehead atoms. The molecule has 1 fully saturated rings. The summed E-state index contributed by atoms with van der Waals surface area (Å²) in [7, 11) is 0. The van der Waals surface area contributed by atoms with Crippen LogP contribution in [0.5, 0.6) is 0 Å². The second-order valence-electron chi connectivity index (χ2n) is 4.88. The predicted molar refractivity (Wildman–Crippen MR) is 74.6 cm³/mol. The molecule has 4 nitrogen and oxygen atoms in total. The number of hydrogen-bond donors (Lipinski definition) is 1. The Balaban J connectivity index is 1.71. The molecular formula is C15H20FN3O. The second kappa shape index (κ2) is 7.95. The molecule has 0 radical (unpaired) electrons. The standard InChI is InChI=1S/C15H20FN3O/c16-14-4-2-13(3-5-14)15(12-17)18-6-1-7-19-8-10-20-11-9-19/h2-5,15,18H,1,6-11H2. The molecule has 0 amide bonds. The van der Waals surface area contributed by atoms with Gasteiger partial charge in [0, 0.05) is 13.1 Å². The smallest absolute Gasteiger partial charge is 0.123 e. The number of morpholine rings is 1. The van der Waals surface area contributed by atoms with Crippen molar-refractivity contribution in [2.45, 2.75) is 12.5 Å². The highest BCUT2D eigenvalue weighted by atomic mass is 19.1. The summed E-state index contributed by atoms with van der Waals surface area (Å²) in [6, 6.07) is 7.90. The lowest BCUT2D eigenvalue weighted by Crippen LogP contribution is -2.37. The minimum absolute atomic E-state index is 0.280. The van der Waals surface area contributed by atoms with Crippen LogP contribution in [0.4, 0.5) is 4.39 Å². The van der Waals surface area contributed by atoms with E-state index in [9.17, 15) is 4.39 Å². The molecule has 1 N–H and O–H groups in total. The Labute approximate surface area is 119 Å². The Morgan fingerprint density at radius 3 is 2.65 bits per heavy atom. The van der Waals surface area contributed by atoms with Gasteiger partial charge >= 0.3 is 0 Å². The van der Waals surface area contributed by atoms with Crippen molar-refractivity contribution in [3.05, 3.63) is 35.6 Å². The van der Waals surface area contributed by atoms with Crippen LogP contribution in [0.1, 0.15) is 18.0 Å². The maximum Gasteiger partial charge on any atom is 0.123 e. The van der Waals surface area contributed by atoms with E-state index >= 15 is 0 Å². The van der Waals surface area contributed by atoms with Crippen molar-refractivity contribution in [1.82, 2.24) is 10.2 Å². The van der Waals surface area contributed by atoms with Gasteiger partial charge in [0.25, 0.3) is 0 Å². The predicted octanol–water partition coefficient (Wildman–Crippen LogP) is 1.70. The number of nitriles is 1. The summed E-state index contributed by atoms with van der Waals surface area (Å²) < 4.78 is 18.1. The molecule has 1 aliphatic rings. The van der Waals surface area contributed by atoms with Crippen LogP contribution >= 0.6 is 0 Å². The molecule has 1 aromatic carbocycles. The first-order valence-corrected chi connectivity index (χ1v) is 6.98. The normalized spacial score (nSPS) is 17.6. The maximum absolute atomic E-state index is 12.8. The monoisotopic (exact) mass is 277 g/mol. The van der Waals surface area contributed by atoms with Gasteiger partial charge in [-0.05, 0) is 37.2 Å².